The average molecular weight is 579 g/mol. The second-order valence-electron chi connectivity index (χ2n) is 14.3. The van der Waals surface area contributed by atoms with E-state index in [1.54, 1.807) is 0 Å². The summed E-state index contributed by atoms with van der Waals surface area (Å²) in [7, 11) is 0. The van der Waals surface area contributed by atoms with Crippen LogP contribution in [0.2, 0.25) is 0 Å². The highest BCUT2D eigenvalue weighted by Crippen LogP contribution is 2.68. The second kappa shape index (κ2) is 11.1. The molecule has 2 aliphatic heterocycles. The second-order valence-corrected chi connectivity index (χ2v) is 14.3. The molecule has 4 aliphatic carbocycles. The first-order chi connectivity index (χ1) is 20.3. The van der Waals surface area contributed by atoms with E-state index in [4.69, 9.17) is 18.9 Å². The van der Waals surface area contributed by atoms with Crippen LogP contribution in [0.4, 0.5) is 0 Å². The first-order valence-corrected chi connectivity index (χ1v) is 16.7. The molecule has 6 aliphatic rings. The molecule has 0 aromatic heterocycles. The Balaban J connectivity index is 1.22. The van der Waals surface area contributed by atoms with Gasteiger partial charge in [0.05, 0.1) is 31.0 Å². The minimum absolute atomic E-state index is 0.125. The van der Waals surface area contributed by atoms with Gasteiger partial charge in [0.25, 0.3) is 0 Å². The predicted octanol–water partition coefficient (Wildman–Crippen LogP) is 6.35. The lowest BCUT2D eigenvalue weighted by Gasteiger charge is -2.57. The molecule has 42 heavy (non-hydrogen) atoms. The monoisotopic (exact) mass is 578 g/mol. The standard InChI is InChI=1S/C36H50O6/c1-3-25-8-10-26(11-9-25)28-23-33(2)29(13-17-35(33,38)15-6-20-40-31-7-4-5-19-39-31)27-12-16-34(37)24-36(41-21-22-42-36)18-14-30(34)32(27)28/h6,8-11,15,27-29,31,37-38H,3-5,7,12-14,16-24H2,1-2H3/b15-6-/t27?,28-,29?,31?,33+,34-,35+/m1/s1. The summed E-state index contributed by atoms with van der Waals surface area (Å²) < 4.78 is 23.9. The van der Waals surface area contributed by atoms with E-state index < -0.39 is 17.0 Å². The van der Waals surface area contributed by atoms with Crippen molar-refractivity contribution in [1.29, 1.82) is 0 Å². The van der Waals surface area contributed by atoms with Crippen LogP contribution in [0.5, 0.6) is 0 Å². The molecule has 0 bridgehead atoms. The van der Waals surface area contributed by atoms with Crippen molar-refractivity contribution in [2.75, 3.05) is 26.4 Å². The van der Waals surface area contributed by atoms with Crippen LogP contribution in [0.25, 0.3) is 0 Å². The molecular formula is C36H50O6. The quantitative estimate of drug-likeness (QED) is 0.383. The maximum atomic E-state index is 12.4. The Morgan fingerprint density at radius 3 is 2.52 bits per heavy atom. The molecule has 7 atom stereocenters. The summed E-state index contributed by atoms with van der Waals surface area (Å²) in [6, 6.07) is 9.14. The fourth-order valence-electron chi connectivity index (χ4n) is 9.86. The molecule has 6 nitrogen and oxygen atoms in total. The molecule has 2 heterocycles. The lowest BCUT2D eigenvalue weighted by atomic mass is 9.49. The van der Waals surface area contributed by atoms with E-state index in [-0.39, 0.29) is 17.6 Å². The van der Waals surface area contributed by atoms with Crippen molar-refractivity contribution in [2.45, 2.75) is 120 Å². The van der Waals surface area contributed by atoms with E-state index in [0.29, 0.717) is 38.1 Å². The number of aryl methyl sites for hydroxylation is 1. The molecule has 3 saturated carbocycles. The summed E-state index contributed by atoms with van der Waals surface area (Å²) in [5.41, 5.74) is 3.34. The zero-order valence-corrected chi connectivity index (χ0v) is 25.6. The molecule has 2 N–H and O–H groups in total. The molecule has 6 heteroatoms. The van der Waals surface area contributed by atoms with Gasteiger partial charge in [-0.1, -0.05) is 55.8 Å². The lowest BCUT2D eigenvalue weighted by Crippen LogP contribution is -2.55. The number of aliphatic hydroxyl groups is 2. The van der Waals surface area contributed by atoms with Crippen LogP contribution >= 0.6 is 0 Å². The zero-order chi connectivity index (χ0) is 29.0. The van der Waals surface area contributed by atoms with E-state index in [1.807, 2.05) is 6.08 Å². The number of allylic oxidation sites excluding steroid dienone is 1. The fourth-order valence-corrected chi connectivity index (χ4v) is 9.86. The third kappa shape index (κ3) is 4.85. The van der Waals surface area contributed by atoms with Gasteiger partial charge in [-0.15, -0.1) is 0 Å². The Kier molecular flexibility index (Phi) is 7.73. The molecule has 0 radical (unpaired) electrons. The van der Waals surface area contributed by atoms with Gasteiger partial charge in [-0.25, -0.2) is 0 Å². The third-order valence-corrected chi connectivity index (χ3v) is 12.1. The number of benzene rings is 1. The van der Waals surface area contributed by atoms with E-state index in [1.165, 1.54) is 22.3 Å². The SMILES string of the molecule is CCc1ccc([C@H]2C[C@@]3(C)C(CC[C@@]3(O)/C=C\COC3CCCCO3)C3CC[C@@]4(O)CC5(CCC4=C32)OCCO5)cc1. The first kappa shape index (κ1) is 29.2. The summed E-state index contributed by atoms with van der Waals surface area (Å²) in [4.78, 5) is 0. The highest BCUT2D eigenvalue weighted by molar-refractivity contribution is 5.45. The van der Waals surface area contributed by atoms with Crippen LogP contribution in [0, 0.1) is 17.3 Å². The Morgan fingerprint density at radius 1 is 0.976 bits per heavy atom. The van der Waals surface area contributed by atoms with Gasteiger partial charge >= 0.3 is 0 Å². The van der Waals surface area contributed by atoms with E-state index in [2.05, 4.69) is 44.2 Å². The molecule has 1 aromatic carbocycles. The van der Waals surface area contributed by atoms with Gasteiger partial charge in [-0.3, -0.25) is 0 Å². The van der Waals surface area contributed by atoms with Crippen molar-refractivity contribution in [3.8, 4) is 0 Å². The average Bonchev–Trinajstić information content (AvgIpc) is 3.56. The van der Waals surface area contributed by atoms with Crippen LogP contribution in [-0.4, -0.2) is 59.9 Å². The number of fused-ring (bicyclic) bond motifs is 4. The molecule has 0 amide bonds. The topological polar surface area (TPSA) is 77.4 Å². The van der Waals surface area contributed by atoms with E-state index >= 15 is 0 Å². The Labute approximate surface area is 251 Å². The van der Waals surface area contributed by atoms with Gasteiger partial charge in [0.2, 0.25) is 0 Å². The largest absolute Gasteiger partial charge is 0.385 e. The highest BCUT2D eigenvalue weighted by atomic mass is 16.7. The highest BCUT2D eigenvalue weighted by Gasteiger charge is 2.64. The van der Waals surface area contributed by atoms with Crippen LogP contribution in [0.15, 0.2) is 47.6 Å². The van der Waals surface area contributed by atoms with Crippen LogP contribution in [0.1, 0.15) is 102 Å². The molecule has 1 aromatic rings. The normalized spacial score (nSPS) is 41.2. The molecule has 7 rings (SSSR count). The minimum Gasteiger partial charge on any atom is -0.385 e. The summed E-state index contributed by atoms with van der Waals surface area (Å²) in [6.45, 7) is 7.00. The summed E-state index contributed by atoms with van der Waals surface area (Å²) in [5.74, 6) is 0.288. The lowest BCUT2D eigenvalue weighted by molar-refractivity contribution is -0.208. The van der Waals surface area contributed by atoms with Crippen molar-refractivity contribution in [3.63, 3.8) is 0 Å². The number of ether oxygens (including phenoxy) is 4. The Morgan fingerprint density at radius 2 is 1.79 bits per heavy atom. The predicted molar refractivity (Wildman–Crippen MR) is 161 cm³/mol. The van der Waals surface area contributed by atoms with Gasteiger partial charge < -0.3 is 29.2 Å². The van der Waals surface area contributed by atoms with Gasteiger partial charge in [0.1, 0.15) is 0 Å². The molecule has 230 valence electrons. The van der Waals surface area contributed by atoms with Gasteiger partial charge in [0.15, 0.2) is 12.1 Å². The number of rotatable bonds is 6. The van der Waals surface area contributed by atoms with Crippen molar-refractivity contribution in [3.05, 3.63) is 58.7 Å². The van der Waals surface area contributed by atoms with Gasteiger partial charge in [-0.05, 0) is 92.7 Å². The summed E-state index contributed by atoms with van der Waals surface area (Å²) in [5, 5.41) is 24.6. The maximum Gasteiger partial charge on any atom is 0.171 e. The summed E-state index contributed by atoms with van der Waals surface area (Å²) in [6.07, 6.45) is 14.7. The Hall–Kier alpha value is -1.54. The van der Waals surface area contributed by atoms with E-state index in [9.17, 15) is 10.2 Å². The third-order valence-electron chi connectivity index (χ3n) is 12.1. The molecule has 3 unspecified atom stereocenters. The van der Waals surface area contributed by atoms with Crippen LogP contribution < -0.4 is 0 Å². The van der Waals surface area contributed by atoms with Gasteiger partial charge in [-0.2, -0.15) is 0 Å². The van der Waals surface area contributed by atoms with Crippen molar-refractivity contribution < 1.29 is 29.2 Å². The maximum absolute atomic E-state index is 12.4. The zero-order valence-electron chi connectivity index (χ0n) is 25.6. The van der Waals surface area contributed by atoms with Gasteiger partial charge in [0, 0.05) is 30.8 Å². The number of hydrogen-bond acceptors (Lipinski definition) is 6. The van der Waals surface area contributed by atoms with Crippen molar-refractivity contribution in [1.82, 2.24) is 0 Å². The Bertz CT molecular complexity index is 1190. The van der Waals surface area contributed by atoms with Crippen LogP contribution in [0.3, 0.4) is 0 Å². The molecular weight excluding hydrogens is 528 g/mol. The smallest absolute Gasteiger partial charge is 0.171 e. The fraction of sp³-hybridized carbons (Fsp3) is 0.722. The molecule has 1 spiro atoms. The van der Waals surface area contributed by atoms with Crippen molar-refractivity contribution >= 4 is 0 Å². The minimum atomic E-state index is -0.887. The first-order valence-electron chi connectivity index (χ1n) is 16.7. The summed E-state index contributed by atoms with van der Waals surface area (Å²) >= 11 is 0. The number of hydrogen-bond donors (Lipinski definition) is 2. The van der Waals surface area contributed by atoms with E-state index in [0.717, 1.165) is 77.2 Å². The van der Waals surface area contributed by atoms with Crippen molar-refractivity contribution in [2.24, 2.45) is 17.3 Å². The molecule has 5 fully saturated rings. The van der Waals surface area contributed by atoms with Crippen LogP contribution in [-0.2, 0) is 25.4 Å². The molecule has 2 saturated heterocycles.